The summed E-state index contributed by atoms with van der Waals surface area (Å²) >= 11 is 3.27. The zero-order valence-corrected chi connectivity index (χ0v) is 14.7. The van der Waals surface area contributed by atoms with Gasteiger partial charge in [-0.3, -0.25) is 4.79 Å². The van der Waals surface area contributed by atoms with Gasteiger partial charge in [0.1, 0.15) is 12.0 Å². The molecule has 0 atom stereocenters. The van der Waals surface area contributed by atoms with Gasteiger partial charge >= 0.3 is 5.97 Å². The highest BCUT2D eigenvalue weighted by molar-refractivity contribution is 9.10. The summed E-state index contributed by atoms with van der Waals surface area (Å²) in [6.07, 6.45) is 3.62. The van der Waals surface area contributed by atoms with E-state index >= 15 is 0 Å². The van der Waals surface area contributed by atoms with Crippen molar-refractivity contribution < 1.29 is 23.8 Å². The number of ether oxygens (including phenoxy) is 3. The average molecular weight is 391 g/mol. The van der Waals surface area contributed by atoms with Crippen molar-refractivity contribution in [1.29, 1.82) is 0 Å². The topological polar surface area (TPSA) is 61.8 Å². The number of hydrogen-bond donors (Lipinski definition) is 0. The summed E-state index contributed by atoms with van der Waals surface area (Å²) in [5, 5.41) is 0. The standard InChI is InChI=1S/C18H15BrO5/c1-22-14-6-3-12(4-7-14)5-8-17(21)24-18-15(19)9-13(11-20)10-16(18)23-2/h3-11H,1-2H3/b8-5+. The lowest BCUT2D eigenvalue weighted by Gasteiger charge is -2.10. The number of benzene rings is 2. The van der Waals surface area contributed by atoms with Crippen LogP contribution in [0.3, 0.4) is 0 Å². The monoisotopic (exact) mass is 390 g/mol. The lowest BCUT2D eigenvalue weighted by atomic mass is 10.2. The molecule has 2 rings (SSSR count). The maximum absolute atomic E-state index is 12.0. The third-order valence-electron chi connectivity index (χ3n) is 3.12. The van der Waals surface area contributed by atoms with Crippen molar-refractivity contribution in [2.24, 2.45) is 0 Å². The molecule has 0 heterocycles. The van der Waals surface area contributed by atoms with Crippen LogP contribution in [-0.4, -0.2) is 26.5 Å². The summed E-state index contributed by atoms with van der Waals surface area (Å²) in [5.41, 5.74) is 1.24. The van der Waals surface area contributed by atoms with Crippen LogP contribution in [0.4, 0.5) is 0 Å². The van der Waals surface area contributed by atoms with Gasteiger partial charge in [0.25, 0.3) is 0 Å². The number of aldehydes is 1. The molecule has 0 fully saturated rings. The van der Waals surface area contributed by atoms with E-state index in [9.17, 15) is 9.59 Å². The lowest BCUT2D eigenvalue weighted by molar-refractivity contribution is -0.129. The Kier molecular flexibility index (Phi) is 6.14. The van der Waals surface area contributed by atoms with Gasteiger partial charge in [-0.25, -0.2) is 4.79 Å². The molecule has 24 heavy (non-hydrogen) atoms. The maximum Gasteiger partial charge on any atom is 0.336 e. The first kappa shape index (κ1) is 17.7. The van der Waals surface area contributed by atoms with E-state index < -0.39 is 5.97 Å². The number of esters is 1. The highest BCUT2D eigenvalue weighted by Crippen LogP contribution is 2.36. The highest BCUT2D eigenvalue weighted by atomic mass is 79.9. The summed E-state index contributed by atoms with van der Waals surface area (Å²) in [5.74, 6) is 0.674. The van der Waals surface area contributed by atoms with Gasteiger partial charge in [-0.15, -0.1) is 0 Å². The van der Waals surface area contributed by atoms with Crippen LogP contribution in [0.25, 0.3) is 6.08 Å². The number of carbonyl (C=O) groups excluding carboxylic acids is 2. The van der Waals surface area contributed by atoms with E-state index in [4.69, 9.17) is 14.2 Å². The minimum Gasteiger partial charge on any atom is -0.497 e. The first-order chi connectivity index (χ1) is 11.6. The molecule has 2 aromatic rings. The van der Waals surface area contributed by atoms with Crippen molar-refractivity contribution in [3.8, 4) is 17.2 Å². The third-order valence-corrected chi connectivity index (χ3v) is 3.71. The molecule has 0 aliphatic carbocycles. The number of carbonyl (C=O) groups is 2. The molecule has 0 spiro atoms. The van der Waals surface area contributed by atoms with Crippen molar-refractivity contribution in [1.82, 2.24) is 0 Å². The van der Waals surface area contributed by atoms with Crippen LogP contribution in [0, 0.1) is 0 Å². The van der Waals surface area contributed by atoms with E-state index in [1.54, 1.807) is 31.4 Å². The first-order valence-corrected chi connectivity index (χ1v) is 7.73. The van der Waals surface area contributed by atoms with Crippen molar-refractivity contribution in [3.05, 3.63) is 58.1 Å². The molecule has 0 N–H and O–H groups in total. The van der Waals surface area contributed by atoms with Crippen molar-refractivity contribution in [2.75, 3.05) is 14.2 Å². The van der Waals surface area contributed by atoms with E-state index in [1.165, 1.54) is 19.3 Å². The Balaban J connectivity index is 2.14. The zero-order chi connectivity index (χ0) is 17.5. The Labute approximate surface area is 148 Å². The number of halogens is 1. The molecule has 0 saturated heterocycles. The smallest absolute Gasteiger partial charge is 0.336 e. The van der Waals surface area contributed by atoms with E-state index in [0.29, 0.717) is 16.3 Å². The predicted octanol–water partition coefficient (Wildman–Crippen LogP) is 3.90. The Bertz CT molecular complexity index is 766. The summed E-state index contributed by atoms with van der Waals surface area (Å²) in [6.45, 7) is 0. The largest absolute Gasteiger partial charge is 0.497 e. The first-order valence-electron chi connectivity index (χ1n) is 6.94. The number of rotatable bonds is 6. The van der Waals surface area contributed by atoms with Crippen LogP contribution in [0.15, 0.2) is 46.9 Å². The summed E-state index contributed by atoms with van der Waals surface area (Å²) in [7, 11) is 3.02. The Morgan fingerprint density at radius 1 is 1.04 bits per heavy atom. The second kappa shape index (κ2) is 8.31. The molecule has 2 aromatic carbocycles. The van der Waals surface area contributed by atoms with Crippen LogP contribution in [0.5, 0.6) is 17.2 Å². The van der Waals surface area contributed by atoms with Gasteiger partial charge in [0.15, 0.2) is 11.5 Å². The maximum atomic E-state index is 12.0. The van der Waals surface area contributed by atoms with Crippen molar-refractivity contribution in [2.45, 2.75) is 0 Å². The Hall–Kier alpha value is -2.60. The van der Waals surface area contributed by atoms with Gasteiger partial charge < -0.3 is 14.2 Å². The highest BCUT2D eigenvalue weighted by Gasteiger charge is 2.14. The van der Waals surface area contributed by atoms with Gasteiger partial charge in [0.05, 0.1) is 18.7 Å². The summed E-state index contributed by atoms with van der Waals surface area (Å²) in [4.78, 5) is 22.9. The van der Waals surface area contributed by atoms with Crippen LogP contribution in [0.1, 0.15) is 15.9 Å². The van der Waals surface area contributed by atoms with Crippen LogP contribution >= 0.6 is 15.9 Å². The van der Waals surface area contributed by atoms with Gasteiger partial charge in [-0.1, -0.05) is 12.1 Å². The van der Waals surface area contributed by atoms with Gasteiger partial charge in [0.2, 0.25) is 0 Å². The second-order valence-corrected chi connectivity index (χ2v) is 5.53. The van der Waals surface area contributed by atoms with Gasteiger partial charge in [0, 0.05) is 11.6 Å². The van der Waals surface area contributed by atoms with Crippen molar-refractivity contribution in [3.63, 3.8) is 0 Å². The molecule has 0 radical (unpaired) electrons. The number of hydrogen-bond acceptors (Lipinski definition) is 5. The summed E-state index contributed by atoms with van der Waals surface area (Å²) in [6, 6.07) is 10.3. The van der Waals surface area contributed by atoms with Crippen LogP contribution in [-0.2, 0) is 4.79 Å². The molecule has 0 aliphatic heterocycles. The van der Waals surface area contributed by atoms with Gasteiger partial charge in [-0.05, 0) is 51.8 Å². The normalized spacial score (nSPS) is 10.5. The minimum absolute atomic E-state index is 0.215. The SMILES string of the molecule is COc1ccc(/C=C/C(=O)Oc2c(Br)cc(C=O)cc2OC)cc1. The molecule has 6 heteroatoms. The fraction of sp³-hybridized carbons (Fsp3) is 0.111. The quantitative estimate of drug-likeness (QED) is 0.324. The van der Waals surface area contributed by atoms with E-state index in [0.717, 1.165) is 11.3 Å². The number of methoxy groups -OCH3 is 2. The molecule has 5 nitrogen and oxygen atoms in total. The molecule has 0 saturated carbocycles. The van der Waals surface area contributed by atoms with E-state index in [2.05, 4.69) is 15.9 Å². The average Bonchev–Trinajstić information content (AvgIpc) is 2.61. The lowest BCUT2D eigenvalue weighted by Crippen LogP contribution is -2.06. The van der Waals surface area contributed by atoms with E-state index in [-0.39, 0.29) is 11.5 Å². The Morgan fingerprint density at radius 3 is 2.33 bits per heavy atom. The molecular formula is C18H15BrO5. The minimum atomic E-state index is -0.566. The molecule has 0 bridgehead atoms. The fourth-order valence-corrected chi connectivity index (χ4v) is 2.46. The molecule has 0 unspecified atom stereocenters. The molecule has 0 aromatic heterocycles. The van der Waals surface area contributed by atoms with Crippen LogP contribution < -0.4 is 14.2 Å². The van der Waals surface area contributed by atoms with Crippen LogP contribution in [0.2, 0.25) is 0 Å². The molecule has 0 aliphatic rings. The second-order valence-electron chi connectivity index (χ2n) is 4.68. The van der Waals surface area contributed by atoms with E-state index in [1.807, 2.05) is 12.1 Å². The summed E-state index contributed by atoms with van der Waals surface area (Å²) < 4.78 is 16.0. The molecule has 0 amide bonds. The Morgan fingerprint density at radius 2 is 1.75 bits per heavy atom. The third kappa shape index (κ3) is 4.45. The predicted molar refractivity (Wildman–Crippen MR) is 93.7 cm³/mol. The fourth-order valence-electron chi connectivity index (χ4n) is 1.92. The van der Waals surface area contributed by atoms with Crippen molar-refractivity contribution >= 4 is 34.3 Å². The van der Waals surface area contributed by atoms with Gasteiger partial charge in [-0.2, -0.15) is 0 Å². The molecule has 124 valence electrons. The zero-order valence-electron chi connectivity index (χ0n) is 13.1. The molecular weight excluding hydrogens is 376 g/mol.